The van der Waals surface area contributed by atoms with Crippen molar-refractivity contribution in [2.75, 3.05) is 14.1 Å². The Bertz CT molecular complexity index is 970. The lowest BCUT2D eigenvalue weighted by Crippen LogP contribution is -2.33. The van der Waals surface area contributed by atoms with Crippen LogP contribution in [-0.4, -0.2) is 36.0 Å². The Morgan fingerprint density at radius 2 is 1.96 bits per heavy atom. The number of benzene rings is 2. The Morgan fingerprint density at radius 3 is 2.70 bits per heavy atom. The van der Waals surface area contributed by atoms with E-state index in [1.807, 2.05) is 37.3 Å². The average molecular weight is 362 g/mol. The Balaban J connectivity index is 1.56. The Labute approximate surface area is 160 Å². The van der Waals surface area contributed by atoms with E-state index in [1.165, 1.54) is 23.1 Å². The number of esters is 1. The second kappa shape index (κ2) is 7.20. The molecule has 3 aromatic rings. The van der Waals surface area contributed by atoms with E-state index in [1.54, 1.807) is 0 Å². The highest BCUT2D eigenvalue weighted by atomic mass is 16.5. The minimum absolute atomic E-state index is 0.278. The second-order valence-electron chi connectivity index (χ2n) is 7.72. The number of hydrogen-bond acceptors (Lipinski definition) is 3. The zero-order valence-corrected chi connectivity index (χ0v) is 16.2. The number of fused-ring (bicyclic) bond motifs is 3. The quantitative estimate of drug-likeness (QED) is 0.706. The molecule has 0 bridgehead atoms. The standard InChI is InChI=1S/C23H26N2O2/c1-15-7-9-16(10-8-15)23(26)27-14-17-5-4-6-19-20-13-18(25(2)3)11-12-21(20)24-22(17)19/h4-10,18,24H,11-14H2,1-3H3. The van der Waals surface area contributed by atoms with Gasteiger partial charge < -0.3 is 14.6 Å². The van der Waals surface area contributed by atoms with Crippen molar-refractivity contribution in [3.63, 3.8) is 0 Å². The Morgan fingerprint density at radius 1 is 1.19 bits per heavy atom. The zero-order chi connectivity index (χ0) is 19.0. The molecule has 0 saturated carbocycles. The molecule has 2 aromatic carbocycles. The van der Waals surface area contributed by atoms with Gasteiger partial charge in [-0.3, -0.25) is 0 Å². The van der Waals surface area contributed by atoms with Gasteiger partial charge in [0.25, 0.3) is 0 Å². The van der Waals surface area contributed by atoms with Crippen molar-refractivity contribution in [1.29, 1.82) is 0 Å². The zero-order valence-electron chi connectivity index (χ0n) is 16.2. The third kappa shape index (κ3) is 3.50. The van der Waals surface area contributed by atoms with E-state index in [2.05, 4.69) is 36.1 Å². The fraction of sp³-hybridized carbons (Fsp3) is 0.348. The van der Waals surface area contributed by atoms with Crippen LogP contribution in [0.3, 0.4) is 0 Å². The van der Waals surface area contributed by atoms with Gasteiger partial charge in [0.1, 0.15) is 6.61 Å². The number of carbonyl (C=O) groups excluding carboxylic acids is 1. The number of aromatic amines is 1. The number of ether oxygens (including phenoxy) is 1. The Hall–Kier alpha value is -2.59. The van der Waals surface area contributed by atoms with Gasteiger partial charge in [0.05, 0.1) is 11.1 Å². The lowest BCUT2D eigenvalue weighted by Gasteiger charge is -2.28. The first-order valence-corrected chi connectivity index (χ1v) is 9.54. The maximum absolute atomic E-state index is 12.3. The molecule has 1 aromatic heterocycles. The highest BCUT2D eigenvalue weighted by molar-refractivity contribution is 5.90. The number of likely N-dealkylation sites (N-methyl/N-ethyl adjacent to an activating group) is 1. The number of para-hydroxylation sites is 1. The molecule has 4 heteroatoms. The van der Waals surface area contributed by atoms with Crippen molar-refractivity contribution in [1.82, 2.24) is 9.88 Å². The number of carbonyl (C=O) groups is 1. The summed E-state index contributed by atoms with van der Waals surface area (Å²) in [5.74, 6) is -0.281. The number of rotatable bonds is 4. The van der Waals surface area contributed by atoms with Crippen LogP contribution in [0, 0.1) is 6.92 Å². The third-order valence-corrected chi connectivity index (χ3v) is 5.66. The Kier molecular flexibility index (Phi) is 4.75. The van der Waals surface area contributed by atoms with Gasteiger partial charge in [-0.25, -0.2) is 4.79 Å². The molecule has 0 aliphatic heterocycles. The summed E-state index contributed by atoms with van der Waals surface area (Å²) < 4.78 is 5.59. The van der Waals surface area contributed by atoms with Crippen LogP contribution in [-0.2, 0) is 24.2 Å². The fourth-order valence-electron chi connectivity index (χ4n) is 3.96. The molecule has 0 saturated heterocycles. The summed E-state index contributed by atoms with van der Waals surface area (Å²) in [7, 11) is 4.31. The fourth-order valence-corrected chi connectivity index (χ4v) is 3.96. The summed E-state index contributed by atoms with van der Waals surface area (Å²) in [6, 6.07) is 14.3. The van der Waals surface area contributed by atoms with Crippen molar-refractivity contribution in [2.45, 2.75) is 38.8 Å². The first kappa shape index (κ1) is 17.8. The second-order valence-corrected chi connectivity index (χ2v) is 7.72. The number of aryl methyl sites for hydroxylation is 2. The van der Waals surface area contributed by atoms with E-state index in [0.717, 1.165) is 29.5 Å². The van der Waals surface area contributed by atoms with Crippen LogP contribution in [0.2, 0.25) is 0 Å². The molecular formula is C23H26N2O2. The SMILES string of the molecule is Cc1ccc(C(=O)OCc2cccc3c4c([nH]c23)CCC(N(C)C)C4)cc1. The van der Waals surface area contributed by atoms with Gasteiger partial charge in [0, 0.05) is 22.7 Å². The van der Waals surface area contributed by atoms with E-state index in [9.17, 15) is 4.79 Å². The van der Waals surface area contributed by atoms with E-state index < -0.39 is 0 Å². The smallest absolute Gasteiger partial charge is 0.338 e. The van der Waals surface area contributed by atoms with E-state index >= 15 is 0 Å². The molecule has 1 atom stereocenters. The van der Waals surface area contributed by atoms with Crippen LogP contribution in [0.4, 0.5) is 0 Å². The number of nitrogens with one attached hydrogen (secondary N) is 1. The predicted octanol–water partition coefficient (Wildman–Crippen LogP) is 4.25. The number of aromatic nitrogens is 1. The summed E-state index contributed by atoms with van der Waals surface area (Å²) >= 11 is 0. The van der Waals surface area contributed by atoms with Gasteiger partial charge in [0.2, 0.25) is 0 Å². The summed E-state index contributed by atoms with van der Waals surface area (Å²) in [5.41, 5.74) is 6.61. The van der Waals surface area contributed by atoms with Crippen molar-refractivity contribution in [3.05, 3.63) is 70.4 Å². The molecule has 1 heterocycles. The molecule has 1 unspecified atom stereocenters. The molecule has 4 rings (SSSR count). The van der Waals surface area contributed by atoms with Gasteiger partial charge in [-0.15, -0.1) is 0 Å². The van der Waals surface area contributed by atoms with Crippen molar-refractivity contribution >= 4 is 16.9 Å². The molecule has 1 N–H and O–H groups in total. The van der Waals surface area contributed by atoms with Gasteiger partial charge in [-0.1, -0.05) is 35.9 Å². The van der Waals surface area contributed by atoms with Crippen LogP contribution >= 0.6 is 0 Å². The van der Waals surface area contributed by atoms with Gasteiger partial charge in [-0.05, 0) is 58.0 Å². The van der Waals surface area contributed by atoms with Gasteiger partial charge in [-0.2, -0.15) is 0 Å². The van der Waals surface area contributed by atoms with Crippen LogP contribution in [0.25, 0.3) is 10.9 Å². The molecular weight excluding hydrogens is 336 g/mol. The van der Waals surface area contributed by atoms with E-state index in [4.69, 9.17) is 4.74 Å². The molecule has 27 heavy (non-hydrogen) atoms. The van der Waals surface area contributed by atoms with Crippen molar-refractivity contribution in [2.24, 2.45) is 0 Å². The maximum Gasteiger partial charge on any atom is 0.338 e. The summed E-state index contributed by atoms with van der Waals surface area (Å²) in [6.45, 7) is 2.28. The van der Waals surface area contributed by atoms with Crippen molar-refractivity contribution in [3.8, 4) is 0 Å². The number of H-pyrrole nitrogens is 1. The van der Waals surface area contributed by atoms with Crippen LogP contribution in [0.5, 0.6) is 0 Å². The summed E-state index contributed by atoms with van der Waals surface area (Å²) in [6.07, 6.45) is 3.30. The summed E-state index contributed by atoms with van der Waals surface area (Å²) in [5, 5.41) is 1.26. The van der Waals surface area contributed by atoms with Crippen LogP contribution in [0.1, 0.15) is 39.2 Å². The monoisotopic (exact) mass is 362 g/mol. The predicted molar refractivity (Wildman–Crippen MR) is 108 cm³/mol. The van der Waals surface area contributed by atoms with Gasteiger partial charge >= 0.3 is 5.97 Å². The minimum Gasteiger partial charge on any atom is -0.457 e. The van der Waals surface area contributed by atoms with Crippen molar-refractivity contribution < 1.29 is 9.53 Å². The molecule has 0 spiro atoms. The lowest BCUT2D eigenvalue weighted by molar-refractivity contribution is 0.0474. The topological polar surface area (TPSA) is 45.3 Å². The summed E-state index contributed by atoms with van der Waals surface area (Å²) in [4.78, 5) is 18.3. The lowest BCUT2D eigenvalue weighted by atomic mass is 9.90. The highest BCUT2D eigenvalue weighted by Gasteiger charge is 2.24. The van der Waals surface area contributed by atoms with Crippen LogP contribution in [0.15, 0.2) is 42.5 Å². The third-order valence-electron chi connectivity index (χ3n) is 5.66. The molecule has 4 nitrogen and oxygen atoms in total. The normalized spacial score (nSPS) is 16.5. The molecule has 0 fully saturated rings. The molecule has 0 amide bonds. The maximum atomic E-state index is 12.3. The van der Waals surface area contributed by atoms with E-state index in [-0.39, 0.29) is 12.6 Å². The molecule has 1 aliphatic carbocycles. The number of hydrogen-bond donors (Lipinski definition) is 1. The first-order valence-electron chi connectivity index (χ1n) is 9.54. The van der Waals surface area contributed by atoms with Gasteiger partial charge in [0.15, 0.2) is 0 Å². The largest absolute Gasteiger partial charge is 0.457 e. The molecule has 140 valence electrons. The molecule has 1 aliphatic rings. The van der Waals surface area contributed by atoms with Crippen LogP contribution < -0.4 is 0 Å². The van der Waals surface area contributed by atoms with E-state index in [0.29, 0.717) is 11.6 Å². The minimum atomic E-state index is -0.281. The molecule has 0 radical (unpaired) electrons. The average Bonchev–Trinajstić information content (AvgIpc) is 3.05. The highest BCUT2D eigenvalue weighted by Crippen LogP contribution is 2.32. The first-order chi connectivity index (χ1) is 13.0. The number of nitrogens with zero attached hydrogens (tertiary/aromatic N) is 1.